The maximum atomic E-state index is 12.1. The fraction of sp³-hybridized carbons (Fsp3) is 0.500. The van der Waals surface area contributed by atoms with E-state index in [0.717, 1.165) is 37.2 Å². The van der Waals surface area contributed by atoms with Crippen molar-refractivity contribution >= 4 is 21.8 Å². The summed E-state index contributed by atoms with van der Waals surface area (Å²) in [4.78, 5) is 16.1. The van der Waals surface area contributed by atoms with Gasteiger partial charge in [0.1, 0.15) is 0 Å². The van der Waals surface area contributed by atoms with E-state index in [1.54, 1.807) is 0 Å². The largest absolute Gasteiger partial charge is 0.339 e. The second-order valence-corrected chi connectivity index (χ2v) is 5.85. The minimum atomic E-state index is 0.223. The second-order valence-electron chi connectivity index (χ2n) is 4.93. The van der Waals surface area contributed by atoms with E-state index in [1.165, 1.54) is 5.56 Å². The summed E-state index contributed by atoms with van der Waals surface area (Å²) in [5, 5.41) is 3.26. The molecular weight excluding hydrogens is 306 g/mol. The molecule has 4 nitrogen and oxygen atoms in total. The zero-order chi connectivity index (χ0) is 13.7. The van der Waals surface area contributed by atoms with Crippen LogP contribution in [0.4, 0.5) is 0 Å². The van der Waals surface area contributed by atoms with Crippen LogP contribution in [0, 0.1) is 0 Å². The molecule has 1 aliphatic heterocycles. The summed E-state index contributed by atoms with van der Waals surface area (Å²) in [6.07, 6.45) is 0. The Kier molecular flexibility index (Phi) is 5.36. The van der Waals surface area contributed by atoms with E-state index in [4.69, 9.17) is 0 Å². The smallest absolute Gasteiger partial charge is 0.236 e. The molecule has 0 saturated carbocycles. The van der Waals surface area contributed by atoms with Gasteiger partial charge >= 0.3 is 0 Å². The molecule has 1 aliphatic rings. The topological polar surface area (TPSA) is 35.6 Å². The van der Waals surface area contributed by atoms with Crippen LogP contribution in [0.15, 0.2) is 28.7 Å². The molecule has 1 saturated heterocycles. The molecule has 0 atom stereocenters. The summed E-state index contributed by atoms with van der Waals surface area (Å²) in [6, 6.07) is 8.22. The quantitative estimate of drug-likeness (QED) is 0.906. The average molecular weight is 326 g/mol. The molecule has 0 bridgehead atoms. The van der Waals surface area contributed by atoms with Gasteiger partial charge in [-0.2, -0.15) is 0 Å². The molecule has 0 radical (unpaired) electrons. The lowest BCUT2D eigenvalue weighted by atomic mass is 10.2. The van der Waals surface area contributed by atoms with Crippen molar-refractivity contribution in [3.05, 3.63) is 34.3 Å². The maximum absolute atomic E-state index is 12.1. The van der Waals surface area contributed by atoms with Crippen LogP contribution in [0.5, 0.6) is 0 Å². The van der Waals surface area contributed by atoms with Gasteiger partial charge in [-0.1, -0.05) is 28.1 Å². The van der Waals surface area contributed by atoms with Crippen molar-refractivity contribution in [1.82, 2.24) is 15.1 Å². The van der Waals surface area contributed by atoms with E-state index < -0.39 is 0 Å². The molecule has 19 heavy (non-hydrogen) atoms. The Bertz CT molecular complexity index is 415. The van der Waals surface area contributed by atoms with E-state index in [-0.39, 0.29) is 5.91 Å². The first-order chi connectivity index (χ1) is 9.15. The predicted octanol–water partition coefficient (Wildman–Crippen LogP) is 1.31. The molecule has 0 unspecified atom stereocenters. The van der Waals surface area contributed by atoms with Crippen LogP contribution >= 0.6 is 15.9 Å². The van der Waals surface area contributed by atoms with E-state index in [1.807, 2.05) is 24.1 Å². The average Bonchev–Trinajstić information content (AvgIpc) is 2.42. The van der Waals surface area contributed by atoms with Crippen LogP contribution in [0.3, 0.4) is 0 Å². The molecule has 0 aliphatic carbocycles. The summed E-state index contributed by atoms with van der Waals surface area (Å²) < 4.78 is 1.08. The van der Waals surface area contributed by atoms with Gasteiger partial charge in [0, 0.05) is 37.2 Å². The molecule has 5 heteroatoms. The monoisotopic (exact) mass is 325 g/mol. The Morgan fingerprint density at radius 2 is 1.95 bits per heavy atom. The van der Waals surface area contributed by atoms with Gasteiger partial charge < -0.3 is 10.2 Å². The molecule has 104 valence electrons. The standard InChI is InChI=1S/C14H20BrN3O/c1-17(10-12-2-4-13(15)5-3-12)11-14(19)18-8-6-16-7-9-18/h2-5,16H,6-11H2,1H3. The third-order valence-electron chi connectivity index (χ3n) is 3.24. The summed E-state index contributed by atoms with van der Waals surface area (Å²) >= 11 is 3.42. The van der Waals surface area contributed by atoms with Crippen LogP contribution in [0.2, 0.25) is 0 Å². The number of hydrogen-bond acceptors (Lipinski definition) is 3. The van der Waals surface area contributed by atoms with E-state index in [0.29, 0.717) is 6.54 Å². The number of piperazine rings is 1. The number of carbonyl (C=O) groups is 1. The molecule has 1 amide bonds. The SMILES string of the molecule is CN(CC(=O)N1CCNCC1)Cc1ccc(Br)cc1. The Labute approximate surface area is 122 Å². The molecule has 1 fully saturated rings. The molecule has 0 spiro atoms. The van der Waals surface area contributed by atoms with E-state index in [2.05, 4.69) is 38.3 Å². The molecule has 1 N–H and O–H groups in total. The lowest BCUT2D eigenvalue weighted by molar-refractivity contribution is -0.132. The first-order valence-electron chi connectivity index (χ1n) is 6.56. The minimum absolute atomic E-state index is 0.223. The number of rotatable bonds is 4. The zero-order valence-corrected chi connectivity index (χ0v) is 12.8. The normalized spacial score (nSPS) is 15.8. The number of nitrogens with zero attached hydrogens (tertiary/aromatic N) is 2. The molecule has 1 aromatic rings. The number of hydrogen-bond donors (Lipinski definition) is 1. The highest BCUT2D eigenvalue weighted by Crippen LogP contribution is 2.11. The summed E-state index contributed by atoms with van der Waals surface area (Å²) in [6.45, 7) is 4.74. The van der Waals surface area contributed by atoms with Crippen molar-refractivity contribution in [2.24, 2.45) is 0 Å². The van der Waals surface area contributed by atoms with E-state index in [9.17, 15) is 4.79 Å². The van der Waals surface area contributed by atoms with Crippen LogP contribution in [-0.4, -0.2) is 55.5 Å². The Balaban J connectivity index is 1.81. The number of nitrogens with one attached hydrogen (secondary N) is 1. The fourth-order valence-electron chi connectivity index (χ4n) is 2.20. The molecule has 1 aromatic carbocycles. The van der Waals surface area contributed by atoms with Gasteiger partial charge in [0.2, 0.25) is 5.91 Å². The summed E-state index contributed by atoms with van der Waals surface area (Å²) in [5.74, 6) is 0.223. The summed E-state index contributed by atoms with van der Waals surface area (Å²) in [5.41, 5.74) is 1.22. The van der Waals surface area contributed by atoms with Crippen LogP contribution in [0.25, 0.3) is 0 Å². The molecular formula is C14H20BrN3O. The van der Waals surface area contributed by atoms with Crippen molar-refractivity contribution in [1.29, 1.82) is 0 Å². The zero-order valence-electron chi connectivity index (χ0n) is 11.2. The predicted molar refractivity (Wildman–Crippen MR) is 79.9 cm³/mol. The van der Waals surface area contributed by atoms with Crippen LogP contribution < -0.4 is 5.32 Å². The molecule has 2 rings (SSSR count). The molecule has 1 heterocycles. The van der Waals surface area contributed by atoms with Crippen molar-refractivity contribution in [3.8, 4) is 0 Å². The van der Waals surface area contributed by atoms with Crippen molar-refractivity contribution in [2.75, 3.05) is 39.8 Å². The lowest BCUT2D eigenvalue weighted by Crippen LogP contribution is -2.49. The minimum Gasteiger partial charge on any atom is -0.339 e. The maximum Gasteiger partial charge on any atom is 0.236 e. The van der Waals surface area contributed by atoms with Crippen molar-refractivity contribution in [2.45, 2.75) is 6.54 Å². The Hall–Kier alpha value is -0.910. The number of halogens is 1. The van der Waals surface area contributed by atoms with Crippen LogP contribution in [-0.2, 0) is 11.3 Å². The van der Waals surface area contributed by atoms with Gasteiger partial charge in [0.25, 0.3) is 0 Å². The highest BCUT2D eigenvalue weighted by atomic mass is 79.9. The van der Waals surface area contributed by atoms with E-state index >= 15 is 0 Å². The van der Waals surface area contributed by atoms with Gasteiger partial charge in [0.15, 0.2) is 0 Å². The summed E-state index contributed by atoms with van der Waals surface area (Å²) in [7, 11) is 1.99. The van der Waals surface area contributed by atoms with Gasteiger partial charge in [-0.3, -0.25) is 9.69 Å². The number of carbonyl (C=O) groups excluding carboxylic acids is 1. The highest BCUT2D eigenvalue weighted by molar-refractivity contribution is 9.10. The number of benzene rings is 1. The second kappa shape index (κ2) is 7.03. The first-order valence-corrected chi connectivity index (χ1v) is 7.36. The first kappa shape index (κ1) is 14.5. The highest BCUT2D eigenvalue weighted by Gasteiger charge is 2.17. The van der Waals surface area contributed by atoms with Crippen molar-refractivity contribution < 1.29 is 4.79 Å². The third-order valence-corrected chi connectivity index (χ3v) is 3.77. The van der Waals surface area contributed by atoms with Gasteiger partial charge in [0.05, 0.1) is 6.54 Å². The number of amides is 1. The van der Waals surface area contributed by atoms with Gasteiger partial charge in [-0.25, -0.2) is 0 Å². The van der Waals surface area contributed by atoms with Crippen LogP contribution in [0.1, 0.15) is 5.56 Å². The third kappa shape index (κ3) is 4.60. The lowest BCUT2D eigenvalue weighted by Gasteiger charge is -2.29. The fourth-order valence-corrected chi connectivity index (χ4v) is 2.47. The van der Waals surface area contributed by atoms with Crippen molar-refractivity contribution in [3.63, 3.8) is 0 Å². The van der Waals surface area contributed by atoms with Gasteiger partial charge in [-0.05, 0) is 24.7 Å². The number of likely N-dealkylation sites (N-methyl/N-ethyl adjacent to an activating group) is 1. The van der Waals surface area contributed by atoms with Gasteiger partial charge in [-0.15, -0.1) is 0 Å². The Morgan fingerprint density at radius 1 is 1.32 bits per heavy atom. The molecule has 0 aromatic heterocycles. The Morgan fingerprint density at radius 3 is 2.58 bits per heavy atom.